The minimum absolute atomic E-state index is 0.352. The van der Waals surface area contributed by atoms with Gasteiger partial charge in [0.2, 0.25) is 5.91 Å². The Morgan fingerprint density at radius 3 is 2.86 bits per heavy atom. The fraction of sp³-hybridized carbons (Fsp3) is 0.909. The van der Waals surface area contributed by atoms with Gasteiger partial charge in [0.25, 0.3) is 0 Å². The Morgan fingerprint density at radius 1 is 1.43 bits per heavy atom. The Hall–Kier alpha value is -0.570. The fourth-order valence-corrected chi connectivity index (χ4v) is 2.61. The predicted octanol–water partition coefficient (Wildman–Crippen LogP) is 1.14. The van der Waals surface area contributed by atoms with Gasteiger partial charge in [-0.05, 0) is 32.7 Å². The summed E-state index contributed by atoms with van der Waals surface area (Å²) >= 11 is 0. The van der Waals surface area contributed by atoms with E-state index in [1.165, 1.54) is 19.3 Å². The summed E-state index contributed by atoms with van der Waals surface area (Å²) in [4.78, 5) is 13.6. The Bertz CT molecular complexity index is 211. The second kappa shape index (κ2) is 4.30. The third kappa shape index (κ3) is 1.92. The van der Waals surface area contributed by atoms with E-state index in [9.17, 15) is 4.79 Å². The lowest BCUT2D eigenvalue weighted by Gasteiger charge is -2.34. The van der Waals surface area contributed by atoms with E-state index in [4.69, 9.17) is 0 Å². The zero-order valence-corrected chi connectivity index (χ0v) is 8.96. The van der Waals surface area contributed by atoms with E-state index in [2.05, 4.69) is 17.1 Å². The summed E-state index contributed by atoms with van der Waals surface area (Å²) in [6.45, 7) is 4.28. The van der Waals surface area contributed by atoms with Crippen LogP contribution in [0.25, 0.3) is 0 Å². The van der Waals surface area contributed by atoms with Gasteiger partial charge in [-0.15, -0.1) is 0 Å². The van der Waals surface area contributed by atoms with Gasteiger partial charge in [0.05, 0.1) is 0 Å². The molecule has 1 amide bonds. The number of hydrogen-bond donors (Lipinski definition) is 1. The second-order valence-corrected chi connectivity index (χ2v) is 4.49. The molecular formula is C11H20N2O. The molecule has 0 saturated carbocycles. The molecule has 0 spiro atoms. The molecule has 3 heteroatoms. The molecule has 2 saturated heterocycles. The molecule has 0 aromatic carbocycles. The molecule has 0 aliphatic carbocycles. The van der Waals surface area contributed by atoms with Crippen LogP contribution in [0.4, 0.5) is 0 Å². The maximum absolute atomic E-state index is 11.6. The van der Waals surface area contributed by atoms with Crippen molar-refractivity contribution < 1.29 is 4.79 Å². The molecule has 2 unspecified atom stereocenters. The number of hydrogen-bond acceptors (Lipinski definition) is 2. The zero-order valence-electron chi connectivity index (χ0n) is 8.96. The fourth-order valence-electron chi connectivity index (χ4n) is 2.61. The van der Waals surface area contributed by atoms with Gasteiger partial charge in [0.1, 0.15) is 0 Å². The lowest BCUT2D eigenvalue weighted by Crippen LogP contribution is -2.50. The van der Waals surface area contributed by atoms with Crippen LogP contribution in [0.3, 0.4) is 0 Å². The van der Waals surface area contributed by atoms with E-state index in [1.807, 2.05) is 0 Å². The lowest BCUT2D eigenvalue weighted by molar-refractivity contribution is -0.130. The van der Waals surface area contributed by atoms with Gasteiger partial charge in [-0.25, -0.2) is 0 Å². The Balaban J connectivity index is 1.92. The van der Waals surface area contributed by atoms with Crippen LogP contribution < -0.4 is 5.32 Å². The van der Waals surface area contributed by atoms with Gasteiger partial charge >= 0.3 is 0 Å². The van der Waals surface area contributed by atoms with Gasteiger partial charge in [-0.3, -0.25) is 4.79 Å². The molecule has 0 radical (unpaired) electrons. The maximum atomic E-state index is 11.6. The van der Waals surface area contributed by atoms with Crippen molar-refractivity contribution in [2.24, 2.45) is 0 Å². The van der Waals surface area contributed by atoms with Crippen LogP contribution in [-0.2, 0) is 4.79 Å². The number of nitrogens with zero attached hydrogens (tertiary/aromatic N) is 1. The van der Waals surface area contributed by atoms with E-state index in [0.717, 1.165) is 25.9 Å². The molecule has 1 N–H and O–H groups in total. The number of carbonyl (C=O) groups is 1. The number of amides is 1. The van der Waals surface area contributed by atoms with Crippen molar-refractivity contribution in [1.82, 2.24) is 10.2 Å². The summed E-state index contributed by atoms with van der Waals surface area (Å²) in [5.41, 5.74) is 0. The van der Waals surface area contributed by atoms with Crippen molar-refractivity contribution in [2.45, 2.75) is 51.1 Å². The number of carbonyl (C=O) groups excluding carboxylic acids is 1. The molecule has 0 bridgehead atoms. The molecule has 2 rings (SSSR count). The van der Waals surface area contributed by atoms with E-state index in [1.54, 1.807) is 0 Å². The van der Waals surface area contributed by atoms with E-state index in [-0.39, 0.29) is 0 Å². The smallest absolute Gasteiger partial charge is 0.222 e. The highest BCUT2D eigenvalue weighted by Crippen LogP contribution is 2.19. The highest BCUT2D eigenvalue weighted by molar-refractivity contribution is 5.78. The molecule has 14 heavy (non-hydrogen) atoms. The van der Waals surface area contributed by atoms with Crippen molar-refractivity contribution in [3.63, 3.8) is 0 Å². The quantitative estimate of drug-likeness (QED) is 0.718. The van der Waals surface area contributed by atoms with Crippen molar-refractivity contribution in [3.05, 3.63) is 0 Å². The van der Waals surface area contributed by atoms with Crippen molar-refractivity contribution in [3.8, 4) is 0 Å². The van der Waals surface area contributed by atoms with Gasteiger partial charge < -0.3 is 10.2 Å². The average Bonchev–Trinajstić information content (AvgIpc) is 2.65. The normalized spacial score (nSPS) is 30.8. The topological polar surface area (TPSA) is 32.3 Å². The third-order valence-corrected chi connectivity index (χ3v) is 3.53. The molecule has 2 aliphatic rings. The molecule has 0 aromatic heterocycles. The first kappa shape index (κ1) is 9.97. The molecule has 2 fully saturated rings. The van der Waals surface area contributed by atoms with Crippen LogP contribution in [0, 0.1) is 0 Å². The molecule has 2 heterocycles. The van der Waals surface area contributed by atoms with E-state index < -0.39 is 0 Å². The SMILES string of the molecule is CC(C1CCCCN1)N1CCCC1=O. The number of likely N-dealkylation sites (tertiary alicyclic amines) is 1. The van der Waals surface area contributed by atoms with Crippen LogP contribution >= 0.6 is 0 Å². The Labute approximate surface area is 85.8 Å². The monoisotopic (exact) mass is 196 g/mol. The summed E-state index contributed by atoms with van der Waals surface area (Å²) in [5, 5.41) is 3.52. The van der Waals surface area contributed by atoms with Crippen molar-refractivity contribution in [2.75, 3.05) is 13.1 Å². The summed E-state index contributed by atoms with van der Waals surface area (Å²) in [7, 11) is 0. The standard InChI is InChI=1S/C11H20N2O/c1-9(10-5-2-3-7-12-10)13-8-4-6-11(13)14/h9-10,12H,2-8H2,1H3. The number of piperidine rings is 1. The zero-order chi connectivity index (χ0) is 9.97. The first-order valence-electron chi connectivity index (χ1n) is 5.82. The molecule has 3 nitrogen and oxygen atoms in total. The summed E-state index contributed by atoms with van der Waals surface area (Å²) in [5.74, 6) is 0.352. The molecule has 0 aromatic rings. The van der Waals surface area contributed by atoms with Crippen LogP contribution in [0.1, 0.15) is 39.0 Å². The highest BCUT2D eigenvalue weighted by atomic mass is 16.2. The Morgan fingerprint density at radius 2 is 2.29 bits per heavy atom. The van der Waals surface area contributed by atoms with Crippen molar-refractivity contribution >= 4 is 5.91 Å². The predicted molar refractivity (Wildman–Crippen MR) is 56.1 cm³/mol. The molecule has 80 valence electrons. The number of nitrogens with one attached hydrogen (secondary N) is 1. The third-order valence-electron chi connectivity index (χ3n) is 3.53. The summed E-state index contributed by atoms with van der Waals surface area (Å²) in [6, 6.07) is 0.927. The van der Waals surface area contributed by atoms with Crippen LogP contribution in [0.5, 0.6) is 0 Å². The molecule has 2 atom stereocenters. The first-order chi connectivity index (χ1) is 6.79. The average molecular weight is 196 g/mol. The first-order valence-corrected chi connectivity index (χ1v) is 5.82. The van der Waals surface area contributed by atoms with Crippen LogP contribution in [0.15, 0.2) is 0 Å². The summed E-state index contributed by atoms with van der Waals surface area (Å²) in [6.07, 6.45) is 5.64. The minimum atomic E-state index is 0.352. The van der Waals surface area contributed by atoms with Crippen LogP contribution in [0.2, 0.25) is 0 Å². The number of rotatable bonds is 2. The van der Waals surface area contributed by atoms with E-state index in [0.29, 0.717) is 18.0 Å². The largest absolute Gasteiger partial charge is 0.338 e. The highest BCUT2D eigenvalue weighted by Gasteiger charge is 2.30. The second-order valence-electron chi connectivity index (χ2n) is 4.49. The molecule has 2 aliphatic heterocycles. The minimum Gasteiger partial charge on any atom is -0.338 e. The van der Waals surface area contributed by atoms with Crippen LogP contribution in [-0.4, -0.2) is 36.0 Å². The van der Waals surface area contributed by atoms with Gasteiger partial charge in [-0.1, -0.05) is 6.42 Å². The lowest BCUT2D eigenvalue weighted by atomic mass is 9.98. The molecular weight excluding hydrogens is 176 g/mol. The van der Waals surface area contributed by atoms with Gasteiger partial charge in [-0.2, -0.15) is 0 Å². The van der Waals surface area contributed by atoms with Gasteiger partial charge in [0, 0.05) is 25.0 Å². The summed E-state index contributed by atoms with van der Waals surface area (Å²) < 4.78 is 0. The van der Waals surface area contributed by atoms with Crippen molar-refractivity contribution in [1.29, 1.82) is 0 Å². The maximum Gasteiger partial charge on any atom is 0.222 e. The van der Waals surface area contributed by atoms with E-state index >= 15 is 0 Å². The Kier molecular flexibility index (Phi) is 3.06. The van der Waals surface area contributed by atoms with Gasteiger partial charge in [0.15, 0.2) is 0 Å².